The van der Waals surface area contributed by atoms with Gasteiger partial charge in [-0.25, -0.2) is 0 Å². The molecule has 0 aliphatic heterocycles. The summed E-state index contributed by atoms with van der Waals surface area (Å²) in [7, 11) is -2.61. The number of hydrogen-bond donors (Lipinski definition) is 1. The lowest BCUT2D eigenvalue weighted by Crippen LogP contribution is -2.56. The summed E-state index contributed by atoms with van der Waals surface area (Å²) in [5, 5.41) is 0. The van der Waals surface area contributed by atoms with Gasteiger partial charge in [0.2, 0.25) is 0 Å². The summed E-state index contributed by atoms with van der Waals surface area (Å²) in [6.45, 7) is 11.5. The van der Waals surface area contributed by atoms with Gasteiger partial charge < -0.3 is 19.0 Å². The Morgan fingerprint density at radius 2 is 1.50 bits per heavy atom. The molecule has 0 aromatic carbocycles. The Bertz CT molecular complexity index is 199. The Morgan fingerprint density at radius 1 is 0.944 bits per heavy atom. The van der Waals surface area contributed by atoms with Gasteiger partial charge in [0.25, 0.3) is 0 Å². The summed E-state index contributed by atoms with van der Waals surface area (Å²) in [5.74, 6) is 0. The molecule has 0 radical (unpaired) electrons. The third kappa shape index (κ3) is 5.80. The summed E-state index contributed by atoms with van der Waals surface area (Å²) in [6.07, 6.45) is 3.60. The maximum atomic E-state index is 6.34. The zero-order valence-corrected chi connectivity index (χ0v) is 13.8. The second-order valence-corrected chi connectivity index (χ2v) is 7.22. The molecule has 5 heteroatoms. The van der Waals surface area contributed by atoms with E-state index in [-0.39, 0.29) is 0 Å². The van der Waals surface area contributed by atoms with Gasteiger partial charge >= 0.3 is 8.80 Å². The largest absolute Gasteiger partial charge is 0.502 e. The van der Waals surface area contributed by atoms with E-state index >= 15 is 0 Å². The molecule has 0 saturated carbocycles. The van der Waals surface area contributed by atoms with Crippen molar-refractivity contribution in [2.75, 3.05) is 13.2 Å². The van der Waals surface area contributed by atoms with E-state index in [0.717, 1.165) is 31.7 Å². The van der Waals surface area contributed by atoms with Gasteiger partial charge in [-0.1, -0.05) is 33.6 Å². The van der Waals surface area contributed by atoms with Gasteiger partial charge in [0.15, 0.2) is 0 Å². The van der Waals surface area contributed by atoms with Crippen molar-refractivity contribution in [2.45, 2.75) is 72.1 Å². The van der Waals surface area contributed by atoms with Gasteiger partial charge in [0.05, 0.1) is 0 Å². The highest BCUT2D eigenvalue weighted by Crippen LogP contribution is 2.27. The lowest BCUT2D eigenvalue weighted by molar-refractivity contribution is -0.0345. The molecule has 0 bridgehead atoms. The van der Waals surface area contributed by atoms with E-state index in [0.29, 0.717) is 13.2 Å². The highest BCUT2D eigenvalue weighted by Gasteiger charge is 2.45. The lowest BCUT2D eigenvalue weighted by atomic mass is 10.1. The molecule has 0 aromatic rings. The van der Waals surface area contributed by atoms with Crippen LogP contribution in [0.2, 0.25) is 6.04 Å². The van der Waals surface area contributed by atoms with Gasteiger partial charge in [0.1, 0.15) is 5.72 Å². The summed E-state index contributed by atoms with van der Waals surface area (Å²) in [6, 6.07) is 0.831. The molecule has 0 aliphatic carbocycles. The maximum absolute atomic E-state index is 6.34. The Hall–Kier alpha value is 0.0569. The number of nitrogens with two attached hydrogens (primary N) is 1. The number of rotatable bonds is 11. The van der Waals surface area contributed by atoms with Crippen LogP contribution >= 0.6 is 0 Å². The summed E-state index contributed by atoms with van der Waals surface area (Å²) in [5.41, 5.74) is 5.73. The van der Waals surface area contributed by atoms with Crippen LogP contribution in [0.15, 0.2) is 0 Å². The molecular formula is C13H31NO3Si. The fourth-order valence-electron chi connectivity index (χ4n) is 2.07. The Balaban J connectivity index is 4.91. The van der Waals surface area contributed by atoms with Gasteiger partial charge in [-0.3, -0.25) is 0 Å². The van der Waals surface area contributed by atoms with Crippen molar-refractivity contribution in [1.29, 1.82) is 0 Å². The molecule has 0 rings (SSSR count). The normalized spacial score (nSPS) is 15.7. The first-order chi connectivity index (χ1) is 8.51. The van der Waals surface area contributed by atoms with Crippen LogP contribution in [0.3, 0.4) is 0 Å². The molecule has 0 amide bonds. The maximum Gasteiger partial charge on any atom is 0.502 e. The quantitative estimate of drug-likeness (QED) is 0.465. The fourth-order valence-corrected chi connectivity index (χ4v) is 5.02. The lowest BCUT2D eigenvalue weighted by Gasteiger charge is -2.38. The molecule has 0 heterocycles. The van der Waals surface area contributed by atoms with Crippen LogP contribution < -0.4 is 5.73 Å². The predicted molar refractivity (Wildman–Crippen MR) is 77.3 cm³/mol. The standard InChI is InChI=1S/C13H31NO3Si/c1-6-11-13(14,8-3)17-18(12-7-2,15-9-4)16-10-5/h6-12,14H2,1-5H3. The molecule has 4 nitrogen and oxygen atoms in total. The van der Waals surface area contributed by atoms with Crippen molar-refractivity contribution in [3.05, 3.63) is 0 Å². The van der Waals surface area contributed by atoms with Gasteiger partial charge in [-0.05, 0) is 26.7 Å². The van der Waals surface area contributed by atoms with E-state index in [2.05, 4.69) is 20.8 Å². The van der Waals surface area contributed by atoms with Crippen LogP contribution in [0.1, 0.15) is 60.3 Å². The Kier molecular flexibility index (Phi) is 9.07. The van der Waals surface area contributed by atoms with Crippen molar-refractivity contribution in [3.8, 4) is 0 Å². The van der Waals surface area contributed by atoms with Crippen LogP contribution in [-0.4, -0.2) is 27.7 Å². The fraction of sp³-hybridized carbons (Fsp3) is 1.00. The van der Waals surface area contributed by atoms with E-state index in [1.54, 1.807) is 0 Å². The molecular weight excluding hydrogens is 246 g/mol. The van der Waals surface area contributed by atoms with Crippen LogP contribution in [0.25, 0.3) is 0 Å². The first-order valence-electron chi connectivity index (χ1n) is 7.28. The molecule has 110 valence electrons. The molecule has 1 atom stereocenters. The third-order valence-electron chi connectivity index (χ3n) is 2.92. The monoisotopic (exact) mass is 277 g/mol. The van der Waals surface area contributed by atoms with Gasteiger partial charge in [-0.2, -0.15) is 0 Å². The van der Waals surface area contributed by atoms with Crippen molar-refractivity contribution in [3.63, 3.8) is 0 Å². The zero-order valence-electron chi connectivity index (χ0n) is 12.8. The van der Waals surface area contributed by atoms with Crippen LogP contribution in [0, 0.1) is 0 Å². The van der Waals surface area contributed by atoms with Gasteiger partial charge in [-0.15, -0.1) is 0 Å². The average molecular weight is 277 g/mol. The smallest absolute Gasteiger partial charge is 0.374 e. The van der Waals surface area contributed by atoms with Gasteiger partial charge in [0, 0.05) is 19.3 Å². The highest BCUT2D eigenvalue weighted by atomic mass is 28.4. The zero-order chi connectivity index (χ0) is 14.1. The average Bonchev–Trinajstić information content (AvgIpc) is 2.30. The van der Waals surface area contributed by atoms with Crippen molar-refractivity contribution in [2.24, 2.45) is 5.73 Å². The summed E-state index contributed by atoms with van der Waals surface area (Å²) < 4.78 is 17.9. The minimum atomic E-state index is -2.61. The first kappa shape index (κ1) is 18.1. The highest BCUT2D eigenvalue weighted by molar-refractivity contribution is 6.60. The van der Waals surface area contributed by atoms with E-state index in [9.17, 15) is 0 Å². The molecule has 2 N–H and O–H groups in total. The summed E-state index contributed by atoms with van der Waals surface area (Å²) >= 11 is 0. The Labute approximate surface area is 114 Å². The Morgan fingerprint density at radius 3 is 1.83 bits per heavy atom. The van der Waals surface area contributed by atoms with Crippen LogP contribution in [-0.2, 0) is 13.3 Å². The number of hydrogen-bond acceptors (Lipinski definition) is 4. The van der Waals surface area contributed by atoms with E-state index < -0.39 is 14.5 Å². The van der Waals surface area contributed by atoms with E-state index in [1.165, 1.54) is 0 Å². The van der Waals surface area contributed by atoms with Crippen molar-refractivity contribution < 1.29 is 13.3 Å². The minimum Gasteiger partial charge on any atom is -0.374 e. The topological polar surface area (TPSA) is 53.7 Å². The van der Waals surface area contributed by atoms with E-state index in [1.807, 2.05) is 13.8 Å². The molecule has 1 unspecified atom stereocenters. The van der Waals surface area contributed by atoms with Crippen LogP contribution in [0.4, 0.5) is 0 Å². The first-order valence-corrected chi connectivity index (χ1v) is 9.21. The second-order valence-electron chi connectivity index (χ2n) is 4.57. The predicted octanol–water partition coefficient (Wildman–Crippen LogP) is 3.29. The SMILES string of the molecule is CCCC(N)(CC)O[Si](CCC)(OCC)OCC. The third-order valence-corrected chi connectivity index (χ3v) is 6.20. The van der Waals surface area contributed by atoms with Crippen LogP contribution in [0.5, 0.6) is 0 Å². The minimum absolute atomic E-state index is 0.609. The molecule has 0 fully saturated rings. The molecule has 0 aromatic heterocycles. The van der Waals surface area contributed by atoms with E-state index in [4.69, 9.17) is 19.0 Å². The summed E-state index contributed by atoms with van der Waals surface area (Å²) in [4.78, 5) is 0. The molecule has 0 spiro atoms. The molecule has 0 saturated heterocycles. The van der Waals surface area contributed by atoms with Crippen molar-refractivity contribution >= 4 is 8.80 Å². The molecule has 0 aliphatic rings. The second kappa shape index (κ2) is 9.04. The van der Waals surface area contributed by atoms with Crippen molar-refractivity contribution in [1.82, 2.24) is 0 Å². The molecule has 18 heavy (non-hydrogen) atoms.